The molecule has 6 nitrogen and oxygen atoms in total. The molecule has 0 unspecified atom stereocenters. The van der Waals surface area contributed by atoms with E-state index in [4.69, 9.17) is 5.73 Å². The Labute approximate surface area is 127 Å². The van der Waals surface area contributed by atoms with Crippen molar-refractivity contribution < 1.29 is 4.79 Å². The highest BCUT2D eigenvalue weighted by atomic mass is 16.1. The Bertz CT molecular complexity index is 876. The van der Waals surface area contributed by atoms with Crippen molar-refractivity contribution in [2.24, 2.45) is 0 Å². The highest BCUT2D eigenvalue weighted by Gasteiger charge is 2.09. The second-order valence-corrected chi connectivity index (χ2v) is 5.06. The molecule has 0 aliphatic heterocycles. The van der Waals surface area contributed by atoms with Gasteiger partial charge in [-0.2, -0.15) is 0 Å². The fourth-order valence-corrected chi connectivity index (χ4v) is 2.29. The summed E-state index contributed by atoms with van der Waals surface area (Å²) in [6.45, 7) is 3.44. The number of nitrogens with two attached hydrogens (primary N) is 1. The molecule has 0 saturated carbocycles. The lowest BCUT2D eigenvalue weighted by atomic mass is 10.1. The molecule has 0 saturated heterocycles. The van der Waals surface area contributed by atoms with Crippen molar-refractivity contribution in [3.05, 3.63) is 42.4 Å². The Balaban J connectivity index is 2.17. The van der Waals surface area contributed by atoms with E-state index in [9.17, 15) is 4.79 Å². The number of nitrogen functional groups attached to an aromatic ring is 1. The lowest BCUT2D eigenvalue weighted by molar-refractivity contribution is -0.114. The highest BCUT2D eigenvalue weighted by molar-refractivity contribution is 5.96. The number of fused-ring (bicyclic) bond motifs is 1. The molecule has 22 heavy (non-hydrogen) atoms. The van der Waals surface area contributed by atoms with Crippen LogP contribution in [0.2, 0.25) is 0 Å². The molecule has 110 valence electrons. The van der Waals surface area contributed by atoms with Gasteiger partial charge in [-0.05, 0) is 36.1 Å². The number of pyridine rings is 3. The van der Waals surface area contributed by atoms with Gasteiger partial charge in [-0.1, -0.05) is 0 Å². The maximum absolute atomic E-state index is 11.2. The molecule has 3 aromatic heterocycles. The number of aryl methyl sites for hydroxylation is 1. The monoisotopic (exact) mass is 293 g/mol. The van der Waals surface area contributed by atoms with E-state index in [1.54, 1.807) is 24.7 Å². The van der Waals surface area contributed by atoms with Crippen LogP contribution >= 0.6 is 0 Å². The van der Waals surface area contributed by atoms with Crippen LogP contribution in [0.4, 0.5) is 11.6 Å². The minimum Gasteiger partial charge on any atom is -0.383 e. The van der Waals surface area contributed by atoms with Crippen molar-refractivity contribution in [2.45, 2.75) is 13.8 Å². The molecular weight excluding hydrogens is 278 g/mol. The Hall–Kier alpha value is -3.02. The Morgan fingerprint density at radius 2 is 2.09 bits per heavy atom. The van der Waals surface area contributed by atoms with Gasteiger partial charge in [0.05, 0.1) is 5.69 Å². The average Bonchev–Trinajstić information content (AvgIpc) is 2.46. The molecule has 3 N–H and O–H groups in total. The SMILES string of the molecule is CC(=O)Nc1cc2cc(-c3cnccc3C)nc(N)c2cn1. The van der Waals surface area contributed by atoms with Crippen LogP contribution in [0.1, 0.15) is 12.5 Å². The fourth-order valence-electron chi connectivity index (χ4n) is 2.29. The zero-order valence-corrected chi connectivity index (χ0v) is 12.3. The number of anilines is 2. The van der Waals surface area contributed by atoms with Crippen LogP contribution in [-0.2, 0) is 4.79 Å². The van der Waals surface area contributed by atoms with Crippen molar-refractivity contribution in [2.75, 3.05) is 11.1 Å². The van der Waals surface area contributed by atoms with E-state index in [2.05, 4.69) is 20.3 Å². The van der Waals surface area contributed by atoms with Crippen LogP contribution in [0.15, 0.2) is 36.8 Å². The zero-order chi connectivity index (χ0) is 15.7. The third-order valence-corrected chi connectivity index (χ3v) is 3.36. The zero-order valence-electron chi connectivity index (χ0n) is 12.3. The number of carbonyl (C=O) groups excluding carboxylic acids is 1. The fraction of sp³-hybridized carbons (Fsp3) is 0.125. The molecular formula is C16H15N5O. The number of carbonyl (C=O) groups is 1. The van der Waals surface area contributed by atoms with E-state index in [1.807, 2.05) is 19.1 Å². The van der Waals surface area contributed by atoms with E-state index in [1.165, 1.54) is 6.92 Å². The molecule has 0 aliphatic rings. The molecule has 0 radical (unpaired) electrons. The minimum absolute atomic E-state index is 0.169. The maximum atomic E-state index is 11.2. The van der Waals surface area contributed by atoms with Crippen molar-refractivity contribution >= 4 is 28.3 Å². The lowest BCUT2D eigenvalue weighted by Crippen LogP contribution is -2.07. The van der Waals surface area contributed by atoms with Crippen LogP contribution in [0.5, 0.6) is 0 Å². The standard InChI is InChI=1S/C16H15N5O/c1-9-3-4-18-7-12(9)14-5-11-6-15(20-10(2)22)19-8-13(11)16(17)21-14/h3-8H,1-2H3,(H2,17,21)(H,19,20,22). The number of hydrogen-bond acceptors (Lipinski definition) is 5. The summed E-state index contributed by atoms with van der Waals surface area (Å²) in [5.41, 5.74) is 8.77. The van der Waals surface area contributed by atoms with Gasteiger partial charge in [0.25, 0.3) is 0 Å². The van der Waals surface area contributed by atoms with Crippen LogP contribution in [0, 0.1) is 6.92 Å². The van der Waals surface area contributed by atoms with Gasteiger partial charge < -0.3 is 11.1 Å². The van der Waals surface area contributed by atoms with E-state index < -0.39 is 0 Å². The van der Waals surface area contributed by atoms with Gasteiger partial charge >= 0.3 is 0 Å². The summed E-state index contributed by atoms with van der Waals surface area (Å²) in [6, 6.07) is 5.62. The third-order valence-electron chi connectivity index (χ3n) is 3.36. The molecule has 0 aliphatic carbocycles. The van der Waals surface area contributed by atoms with Gasteiger partial charge in [0, 0.05) is 36.5 Å². The van der Waals surface area contributed by atoms with Gasteiger partial charge in [0.2, 0.25) is 5.91 Å². The Morgan fingerprint density at radius 1 is 1.27 bits per heavy atom. The summed E-state index contributed by atoms with van der Waals surface area (Å²) in [5, 5.41) is 4.28. The summed E-state index contributed by atoms with van der Waals surface area (Å²) < 4.78 is 0. The number of aromatic nitrogens is 3. The number of hydrogen-bond donors (Lipinski definition) is 2. The first-order valence-corrected chi connectivity index (χ1v) is 6.79. The summed E-state index contributed by atoms with van der Waals surface area (Å²) in [6.07, 6.45) is 5.11. The smallest absolute Gasteiger partial charge is 0.222 e. The molecule has 6 heteroatoms. The summed E-state index contributed by atoms with van der Waals surface area (Å²) in [7, 11) is 0. The number of nitrogens with one attached hydrogen (secondary N) is 1. The molecule has 0 fully saturated rings. The summed E-state index contributed by atoms with van der Waals surface area (Å²) in [5.74, 6) is 0.717. The summed E-state index contributed by atoms with van der Waals surface area (Å²) in [4.78, 5) is 23.9. The normalized spacial score (nSPS) is 10.6. The van der Waals surface area contributed by atoms with Crippen LogP contribution in [-0.4, -0.2) is 20.9 Å². The van der Waals surface area contributed by atoms with Crippen LogP contribution in [0.3, 0.4) is 0 Å². The second-order valence-electron chi connectivity index (χ2n) is 5.06. The average molecular weight is 293 g/mol. The number of rotatable bonds is 2. The first kappa shape index (κ1) is 13.9. The first-order valence-electron chi connectivity index (χ1n) is 6.79. The molecule has 0 bridgehead atoms. The largest absolute Gasteiger partial charge is 0.383 e. The van der Waals surface area contributed by atoms with Crippen LogP contribution < -0.4 is 11.1 Å². The topological polar surface area (TPSA) is 93.8 Å². The first-order chi connectivity index (χ1) is 10.5. The second kappa shape index (κ2) is 5.40. The van der Waals surface area contributed by atoms with E-state index in [0.717, 1.165) is 27.6 Å². The Kier molecular flexibility index (Phi) is 3.42. The van der Waals surface area contributed by atoms with Gasteiger partial charge in [-0.3, -0.25) is 9.78 Å². The maximum Gasteiger partial charge on any atom is 0.222 e. The molecule has 1 amide bonds. The molecule has 0 aromatic carbocycles. The molecule has 0 spiro atoms. The van der Waals surface area contributed by atoms with Gasteiger partial charge in [-0.25, -0.2) is 9.97 Å². The van der Waals surface area contributed by atoms with Crippen molar-refractivity contribution in [3.63, 3.8) is 0 Å². The summed E-state index contributed by atoms with van der Waals surface area (Å²) >= 11 is 0. The van der Waals surface area contributed by atoms with Crippen molar-refractivity contribution in [1.82, 2.24) is 15.0 Å². The van der Waals surface area contributed by atoms with E-state index in [-0.39, 0.29) is 5.91 Å². The van der Waals surface area contributed by atoms with E-state index >= 15 is 0 Å². The van der Waals surface area contributed by atoms with Crippen molar-refractivity contribution in [3.8, 4) is 11.3 Å². The minimum atomic E-state index is -0.169. The van der Waals surface area contributed by atoms with Gasteiger partial charge in [0.15, 0.2) is 0 Å². The number of nitrogens with zero attached hydrogens (tertiary/aromatic N) is 3. The Morgan fingerprint density at radius 3 is 2.82 bits per heavy atom. The predicted molar refractivity (Wildman–Crippen MR) is 86.2 cm³/mol. The van der Waals surface area contributed by atoms with E-state index in [0.29, 0.717) is 11.6 Å². The van der Waals surface area contributed by atoms with Crippen molar-refractivity contribution in [1.29, 1.82) is 0 Å². The lowest BCUT2D eigenvalue weighted by Gasteiger charge is -2.09. The van der Waals surface area contributed by atoms with Crippen LogP contribution in [0.25, 0.3) is 22.0 Å². The quantitative estimate of drug-likeness (QED) is 0.757. The highest BCUT2D eigenvalue weighted by Crippen LogP contribution is 2.28. The van der Waals surface area contributed by atoms with Gasteiger partial charge in [-0.15, -0.1) is 0 Å². The predicted octanol–water partition coefficient (Wildman–Crippen LogP) is 2.54. The number of amides is 1. The molecule has 3 aromatic rings. The molecule has 0 atom stereocenters. The molecule has 3 heterocycles. The molecule has 3 rings (SSSR count). The van der Waals surface area contributed by atoms with Gasteiger partial charge in [0.1, 0.15) is 11.6 Å². The third kappa shape index (κ3) is 2.58.